The fourth-order valence-corrected chi connectivity index (χ4v) is 5.08. The Morgan fingerprint density at radius 1 is 0.971 bits per heavy atom. The molecule has 8 heteroatoms. The quantitative estimate of drug-likeness (QED) is 0.351. The highest BCUT2D eigenvalue weighted by Crippen LogP contribution is 2.31. The molecule has 0 atom stereocenters. The number of aryl methyl sites for hydroxylation is 1. The minimum Gasteiger partial charge on any atom is -0.462 e. The van der Waals surface area contributed by atoms with E-state index in [9.17, 15) is 18.0 Å². The van der Waals surface area contributed by atoms with E-state index in [0.717, 1.165) is 30.5 Å². The van der Waals surface area contributed by atoms with Crippen LogP contribution in [0.3, 0.4) is 0 Å². The molecule has 0 saturated heterocycles. The summed E-state index contributed by atoms with van der Waals surface area (Å²) in [5.74, 6) is -0.536. The SMILES string of the molecule is CCCCOC(=O)c1ccc(NS(=O)(=O)c2ccc3c(c2)CCCN3C(=O)c2ccccc2)cc1. The highest BCUT2D eigenvalue weighted by Gasteiger charge is 2.25. The number of esters is 1. The van der Waals surface area contributed by atoms with Crippen molar-refractivity contribution in [2.24, 2.45) is 0 Å². The van der Waals surface area contributed by atoms with Crippen LogP contribution in [0.25, 0.3) is 0 Å². The van der Waals surface area contributed by atoms with Crippen LogP contribution >= 0.6 is 0 Å². The molecule has 4 rings (SSSR count). The van der Waals surface area contributed by atoms with Crippen molar-refractivity contribution in [1.82, 2.24) is 0 Å². The van der Waals surface area contributed by atoms with Gasteiger partial charge in [0.25, 0.3) is 15.9 Å². The van der Waals surface area contributed by atoms with Gasteiger partial charge in [-0.05, 0) is 79.4 Å². The minimum absolute atomic E-state index is 0.103. The van der Waals surface area contributed by atoms with Crippen LogP contribution in [0.1, 0.15) is 52.5 Å². The van der Waals surface area contributed by atoms with E-state index in [1.165, 1.54) is 30.3 Å². The summed E-state index contributed by atoms with van der Waals surface area (Å²) in [6, 6.07) is 20.0. The van der Waals surface area contributed by atoms with Crippen LogP contribution in [0.15, 0.2) is 77.7 Å². The second-order valence-electron chi connectivity index (χ2n) is 8.39. The lowest BCUT2D eigenvalue weighted by atomic mass is 10.0. The van der Waals surface area contributed by atoms with E-state index in [4.69, 9.17) is 4.74 Å². The zero-order chi connectivity index (χ0) is 24.8. The Morgan fingerprint density at radius 2 is 1.71 bits per heavy atom. The Kier molecular flexibility index (Phi) is 7.51. The number of ether oxygens (including phenoxy) is 1. The van der Waals surface area contributed by atoms with Crippen LogP contribution in [0, 0.1) is 0 Å². The van der Waals surface area contributed by atoms with Crippen molar-refractivity contribution in [1.29, 1.82) is 0 Å². The molecule has 1 amide bonds. The van der Waals surface area contributed by atoms with Crippen molar-refractivity contribution >= 4 is 33.3 Å². The maximum Gasteiger partial charge on any atom is 0.338 e. The average molecular weight is 493 g/mol. The number of hydrogen-bond donors (Lipinski definition) is 1. The van der Waals surface area contributed by atoms with Crippen molar-refractivity contribution < 1.29 is 22.7 Å². The Balaban J connectivity index is 1.49. The largest absolute Gasteiger partial charge is 0.462 e. The van der Waals surface area contributed by atoms with E-state index < -0.39 is 16.0 Å². The highest BCUT2D eigenvalue weighted by molar-refractivity contribution is 7.92. The molecule has 1 aliphatic heterocycles. The number of nitrogens with one attached hydrogen (secondary N) is 1. The normalized spacial score (nSPS) is 13.1. The van der Waals surface area contributed by atoms with Crippen molar-refractivity contribution in [3.63, 3.8) is 0 Å². The molecule has 0 fully saturated rings. The molecule has 35 heavy (non-hydrogen) atoms. The Hall–Kier alpha value is -3.65. The molecule has 0 saturated carbocycles. The van der Waals surface area contributed by atoms with Gasteiger partial charge in [-0.2, -0.15) is 0 Å². The van der Waals surface area contributed by atoms with Crippen LogP contribution in [0.4, 0.5) is 11.4 Å². The summed E-state index contributed by atoms with van der Waals surface area (Å²) in [6.45, 7) is 2.95. The summed E-state index contributed by atoms with van der Waals surface area (Å²) in [5, 5.41) is 0. The third-order valence-corrected chi connectivity index (χ3v) is 7.23. The summed E-state index contributed by atoms with van der Waals surface area (Å²) in [6.07, 6.45) is 3.16. The van der Waals surface area contributed by atoms with Crippen molar-refractivity contribution in [2.75, 3.05) is 22.8 Å². The molecule has 0 unspecified atom stereocenters. The van der Waals surface area contributed by atoms with E-state index in [2.05, 4.69) is 4.72 Å². The number of unbranched alkanes of at least 4 members (excludes halogenated alkanes) is 1. The van der Waals surface area contributed by atoms with Gasteiger partial charge in [0, 0.05) is 23.5 Å². The first-order chi connectivity index (χ1) is 16.9. The fourth-order valence-electron chi connectivity index (χ4n) is 3.97. The lowest BCUT2D eigenvalue weighted by molar-refractivity contribution is 0.0499. The first kappa shape index (κ1) is 24.5. The number of benzene rings is 3. The van der Waals surface area contributed by atoms with Crippen LogP contribution in [0.5, 0.6) is 0 Å². The summed E-state index contributed by atoms with van der Waals surface area (Å²) < 4.78 is 33.8. The van der Waals surface area contributed by atoms with Crippen LogP contribution in [-0.4, -0.2) is 33.4 Å². The van der Waals surface area contributed by atoms with Gasteiger partial charge in [-0.3, -0.25) is 9.52 Å². The molecule has 0 bridgehead atoms. The number of nitrogens with zero attached hydrogens (tertiary/aromatic N) is 1. The summed E-state index contributed by atoms with van der Waals surface area (Å²) in [4.78, 5) is 26.9. The average Bonchev–Trinajstić information content (AvgIpc) is 2.88. The summed E-state index contributed by atoms with van der Waals surface area (Å²) in [5.41, 5.74) is 2.84. The predicted octanol–water partition coefficient (Wildman–Crippen LogP) is 5.04. The number of carbonyl (C=O) groups excluding carboxylic acids is 2. The molecule has 182 valence electrons. The number of rotatable bonds is 8. The first-order valence-corrected chi connectivity index (χ1v) is 13.2. The molecule has 0 aromatic heterocycles. The van der Waals surface area contributed by atoms with E-state index in [1.54, 1.807) is 29.2 Å². The number of amides is 1. The summed E-state index contributed by atoms with van der Waals surface area (Å²) in [7, 11) is -3.86. The molecular weight excluding hydrogens is 464 g/mol. The zero-order valence-corrected chi connectivity index (χ0v) is 20.4. The van der Waals surface area contributed by atoms with Crippen LogP contribution < -0.4 is 9.62 Å². The molecule has 1 heterocycles. The van der Waals surface area contributed by atoms with Gasteiger partial charge in [0.05, 0.1) is 17.1 Å². The van der Waals surface area contributed by atoms with E-state index in [-0.39, 0.29) is 10.8 Å². The smallest absolute Gasteiger partial charge is 0.338 e. The molecule has 3 aromatic rings. The number of sulfonamides is 1. The van der Waals surface area contributed by atoms with Crippen molar-refractivity contribution in [3.8, 4) is 0 Å². The predicted molar refractivity (Wildman–Crippen MR) is 135 cm³/mol. The molecule has 1 aliphatic rings. The van der Waals surface area contributed by atoms with E-state index in [1.807, 2.05) is 25.1 Å². The molecule has 1 N–H and O–H groups in total. The molecule has 0 radical (unpaired) electrons. The molecular formula is C27H28N2O5S. The number of fused-ring (bicyclic) bond motifs is 1. The fraction of sp³-hybridized carbons (Fsp3) is 0.259. The van der Waals surface area contributed by atoms with Gasteiger partial charge in [0.2, 0.25) is 0 Å². The third-order valence-electron chi connectivity index (χ3n) is 5.85. The molecule has 0 spiro atoms. The van der Waals surface area contributed by atoms with Gasteiger partial charge in [0.15, 0.2) is 0 Å². The van der Waals surface area contributed by atoms with Gasteiger partial charge in [-0.25, -0.2) is 13.2 Å². The van der Waals surface area contributed by atoms with Crippen LogP contribution in [0.2, 0.25) is 0 Å². The maximum atomic E-state index is 13.0. The Morgan fingerprint density at radius 3 is 2.43 bits per heavy atom. The zero-order valence-electron chi connectivity index (χ0n) is 19.6. The highest BCUT2D eigenvalue weighted by atomic mass is 32.2. The van der Waals surface area contributed by atoms with Gasteiger partial charge in [-0.15, -0.1) is 0 Å². The maximum absolute atomic E-state index is 13.0. The number of hydrogen-bond acceptors (Lipinski definition) is 5. The second-order valence-corrected chi connectivity index (χ2v) is 10.1. The van der Waals surface area contributed by atoms with Crippen LogP contribution in [-0.2, 0) is 21.2 Å². The second kappa shape index (κ2) is 10.7. The molecule has 7 nitrogen and oxygen atoms in total. The Labute approximate surface area is 205 Å². The standard InChI is InChI=1S/C27H28N2O5S/c1-2-3-18-34-27(31)21-11-13-23(14-12-21)28-35(32,33)24-15-16-25-22(19-24)10-7-17-29(25)26(30)20-8-5-4-6-9-20/h4-6,8-9,11-16,19,28H,2-3,7,10,17-18H2,1H3. The molecule has 0 aliphatic carbocycles. The molecule has 3 aromatic carbocycles. The topological polar surface area (TPSA) is 92.8 Å². The van der Waals surface area contributed by atoms with Crippen molar-refractivity contribution in [2.45, 2.75) is 37.5 Å². The third kappa shape index (κ3) is 5.71. The monoisotopic (exact) mass is 492 g/mol. The lowest BCUT2D eigenvalue weighted by Crippen LogP contribution is -2.35. The van der Waals surface area contributed by atoms with Crippen molar-refractivity contribution in [3.05, 3.63) is 89.5 Å². The van der Waals surface area contributed by atoms with E-state index >= 15 is 0 Å². The Bertz CT molecular complexity index is 1310. The number of anilines is 2. The van der Waals surface area contributed by atoms with Gasteiger partial charge in [0.1, 0.15) is 0 Å². The van der Waals surface area contributed by atoms with Gasteiger partial charge < -0.3 is 9.64 Å². The van der Waals surface area contributed by atoms with E-state index in [0.29, 0.717) is 36.4 Å². The lowest BCUT2D eigenvalue weighted by Gasteiger charge is -2.30. The minimum atomic E-state index is -3.86. The first-order valence-electron chi connectivity index (χ1n) is 11.7. The van der Waals surface area contributed by atoms with Gasteiger partial charge in [-0.1, -0.05) is 31.5 Å². The number of carbonyl (C=O) groups is 2. The summed E-state index contributed by atoms with van der Waals surface area (Å²) >= 11 is 0. The van der Waals surface area contributed by atoms with Gasteiger partial charge >= 0.3 is 5.97 Å².